The second-order valence-corrected chi connectivity index (χ2v) is 41.9. The van der Waals surface area contributed by atoms with E-state index in [4.69, 9.17) is 96.3 Å². The fourth-order valence-electron chi connectivity index (χ4n) is 20.1. The SMILES string of the molecule is CC1(C)O[C@@H]2[C@H](O1)[C@@H](CO)O[C@H]2c1cn(S(=O)(=O)c2ccccc2)c2c(N3CC4CCCC4C3)nc(Cl)nc12.CCOP(=O)(COC[C@H]1O[C@@H](c2cn(S(=O)(=O)c3ccccc3)c3c(N4CC5CCCC5C4)nc(Cl)nc23)[C@@H]2OC(C)(C)O[C@@H]21)OCC.O=P(O)(O)COC[C@H]1O[C@@H](C2=CCc3c2nc(Cl)nc3N2CC3CCCC3C2)[C@H](O)[C@@H]1O. The normalized spacial score (nSPS) is 31.0. The van der Waals surface area contributed by atoms with E-state index in [0.717, 1.165) is 76.3 Å². The number of hydrogen-bond donors (Lipinski definition) is 5. The smallest absolute Gasteiger partial charge is 0.356 e. The first-order valence-corrected chi connectivity index (χ1v) is 48.4. The molecule has 12 aliphatic rings. The Hall–Kier alpha value is -5.51. The highest BCUT2D eigenvalue weighted by Crippen LogP contribution is 2.54. The van der Waals surface area contributed by atoms with E-state index < -0.39 is 126 Å². The fraction of sp³-hybridized carbons (Fsp3) is 0.620. The first-order chi connectivity index (χ1) is 56.8. The summed E-state index contributed by atoms with van der Waals surface area (Å²) in [6, 6.07) is 16.6. The van der Waals surface area contributed by atoms with Gasteiger partial charge in [-0.15, -0.1) is 0 Å². The Bertz CT molecular complexity index is 5270. The van der Waals surface area contributed by atoms with Crippen molar-refractivity contribution in [3.8, 4) is 0 Å². The van der Waals surface area contributed by atoms with E-state index in [9.17, 15) is 41.3 Å². The molecule has 33 nitrogen and oxygen atoms in total. The van der Waals surface area contributed by atoms with Crippen molar-refractivity contribution in [1.29, 1.82) is 0 Å². The molecule has 19 rings (SSSR count). The number of aliphatic hydroxyl groups is 3. The maximum atomic E-state index is 14.3. The Kier molecular flexibility index (Phi) is 24.3. The molecule has 8 aliphatic heterocycles. The van der Waals surface area contributed by atoms with Crippen molar-refractivity contribution in [2.75, 3.05) is 99.7 Å². The van der Waals surface area contributed by atoms with Crippen LogP contribution in [0.15, 0.2) is 88.9 Å². The predicted molar refractivity (Wildman–Crippen MR) is 436 cm³/mol. The van der Waals surface area contributed by atoms with Crippen LogP contribution in [-0.2, 0) is 87.3 Å². The number of hydrogen-bond acceptors (Lipinski definition) is 29. The van der Waals surface area contributed by atoms with Gasteiger partial charge in [0.1, 0.15) is 114 Å². The van der Waals surface area contributed by atoms with E-state index >= 15 is 0 Å². The molecule has 40 heteroatoms. The highest BCUT2D eigenvalue weighted by Gasteiger charge is 2.59. The van der Waals surface area contributed by atoms with E-state index in [-0.39, 0.29) is 65.0 Å². The molecule has 2 aromatic carbocycles. The van der Waals surface area contributed by atoms with Gasteiger partial charge in [-0.1, -0.05) is 61.7 Å². The summed E-state index contributed by atoms with van der Waals surface area (Å²) < 4.78 is 149. The molecule has 0 radical (unpaired) electrons. The van der Waals surface area contributed by atoms with Crippen molar-refractivity contribution in [1.82, 2.24) is 37.8 Å². The van der Waals surface area contributed by atoms with Crippen molar-refractivity contribution in [2.45, 2.75) is 200 Å². The first-order valence-electron chi connectivity index (χ1n) is 40.8. The molecule has 0 amide bonds. The minimum absolute atomic E-state index is 0.000253. The molecule has 646 valence electrons. The lowest BCUT2D eigenvalue weighted by Gasteiger charge is -2.24. The third kappa shape index (κ3) is 16.8. The fourth-order valence-corrected chi connectivity index (χ4v) is 25.0. The summed E-state index contributed by atoms with van der Waals surface area (Å²) in [5.41, 5.74) is 4.61. The van der Waals surface area contributed by atoms with Gasteiger partial charge in [-0.3, -0.25) is 9.13 Å². The van der Waals surface area contributed by atoms with Crippen molar-refractivity contribution >= 4 is 115 Å². The van der Waals surface area contributed by atoms with Crippen LogP contribution in [0.4, 0.5) is 17.5 Å². The first kappa shape index (κ1) is 85.6. The number of anilines is 3. The average molecular weight is 1790 g/mol. The lowest BCUT2D eigenvalue weighted by molar-refractivity contribution is -0.192. The summed E-state index contributed by atoms with van der Waals surface area (Å²) >= 11 is 19.4. The van der Waals surface area contributed by atoms with Gasteiger partial charge in [-0.2, -0.15) is 9.97 Å². The number of nitrogens with zero attached hydrogens (tertiary/aromatic N) is 11. The Morgan fingerprint density at radius 1 is 0.513 bits per heavy atom. The summed E-state index contributed by atoms with van der Waals surface area (Å²) in [7, 11) is -15.9. The number of allylic oxidation sites excluding steroid dienone is 1. The van der Waals surface area contributed by atoms with Gasteiger partial charge in [0.2, 0.25) is 15.9 Å². The zero-order chi connectivity index (χ0) is 83.6. The van der Waals surface area contributed by atoms with E-state index in [0.29, 0.717) is 98.0 Å². The number of rotatable bonds is 23. The van der Waals surface area contributed by atoms with Crippen LogP contribution in [0, 0.1) is 35.5 Å². The van der Waals surface area contributed by atoms with Gasteiger partial charge >= 0.3 is 15.2 Å². The van der Waals surface area contributed by atoms with E-state index in [1.54, 1.807) is 101 Å². The van der Waals surface area contributed by atoms with Crippen LogP contribution in [0.1, 0.15) is 134 Å². The molecule has 3 saturated carbocycles. The molecule has 0 bridgehead atoms. The summed E-state index contributed by atoms with van der Waals surface area (Å²) in [5.74, 6) is 3.50. The number of halogens is 3. The maximum absolute atomic E-state index is 14.3. The van der Waals surface area contributed by atoms with Gasteiger partial charge in [0, 0.05) is 73.9 Å². The monoisotopic (exact) mass is 1790 g/mol. The van der Waals surface area contributed by atoms with E-state index in [2.05, 4.69) is 44.6 Å². The second kappa shape index (κ2) is 33.8. The van der Waals surface area contributed by atoms with Gasteiger partial charge in [-0.05, 0) is 181 Å². The number of benzene rings is 2. The van der Waals surface area contributed by atoms with Gasteiger partial charge in [-0.25, -0.2) is 44.7 Å². The van der Waals surface area contributed by atoms with Crippen LogP contribution >= 0.6 is 50.0 Å². The standard InChI is InChI=1S/C32H42ClN4O9PS.C27H31ClN4O6S.C20H27ClN3O7P/c1-5-42-47(38,43-6-2)19-41-18-24-28-29(46-32(3,4)45-28)27(44-24)23-17-37(48(39,40)22-13-8-7-9-14-22)26-25(23)34-31(33)35-30(26)36-15-20-11-10-12-21(20)16-36;1-27(2)37-23-19(14-33)36-22(24(23)38-27)18-13-32(39(34,35)17-9-4-3-5-10-17)21-20(18)29-26(28)30-25(21)31-11-15-7-6-8-16(15)12-31;21-20-22-15-12(18-17(26)16(25)14(31-18)8-30-9-32(27,28)29)4-5-13(15)19(23-20)24-6-10-2-1-3-11(10)7-24/h7-9,13-14,17,20-21,24,27-29H,5-6,10-12,15-16,18-19H2,1-4H3;3-5,9-10,13,15-16,19,22-24,33H,6-8,11-12,14H2,1-2H3;4,10-11,14,16-18,25-26H,1-3,5-9H2,(H2,27,28,29)/t20?,21?,24-,27+,28-,29+;15?,16?,19-,22+,23-,24+;10?,11?,14-,16-,17-,18+/m111/s1. The quantitative estimate of drug-likeness (QED) is 0.0293. The number of aliphatic hydroxyl groups excluding tert-OH is 3. The van der Waals surface area contributed by atoms with Crippen molar-refractivity contribution < 1.29 is 103 Å². The summed E-state index contributed by atoms with van der Waals surface area (Å²) in [6.45, 7) is 15.6. The van der Waals surface area contributed by atoms with Crippen LogP contribution in [0.25, 0.3) is 27.6 Å². The molecule has 0 spiro atoms. The Labute approximate surface area is 704 Å². The number of fused-ring (bicyclic) bond motifs is 8. The highest BCUT2D eigenvalue weighted by molar-refractivity contribution is 7.90. The molecule has 7 aromatic rings. The van der Waals surface area contributed by atoms with Crippen molar-refractivity contribution in [2.24, 2.45) is 35.5 Å². The van der Waals surface area contributed by atoms with Crippen molar-refractivity contribution in [3.05, 3.63) is 117 Å². The van der Waals surface area contributed by atoms with Crippen LogP contribution in [0.3, 0.4) is 0 Å². The highest BCUT2D eigenvalue weighted by atomic mass is 35.5. The molecule has 11 fully saturated rings. The van der Waals surface area contributed by atoms with E-state index in [1.165, 1.54) is 40.0 Å². The van der Waals surface area contributed by atoms with Crippen LogP contribution in [-0.4, -0.2) is 237 Å². The van der Waals surface area contributed by atoms with Crippen LogP contribution < -0.4 is 14.7 Å². The predicted octanol–water partition coefficient (Wildman–Crippen LogP) is 10.2. The third-order valence-corrected chi connectivity index (χ3v) is 31.3. The third-order valence-electron chi connectivity index (χ3n) is 25.1. The maximum Gasteiger partial charge on any atom is 0.356 e. The second-order valence-electron chi connectivity index (χ2n) is 33.7. The molecule has 119 heavy (non-hydrogen) atoms. The lowest BCUT2D eigenvalue weighted by Crippen LogP contribution is -2.34. The summed E-state index contributed by atoms with van der Waals surface area (Å²) in [6.07, 6.45) is 5.91. The molecule has 13 heterocycles. The molecule has 6 unspecified atom stereocenters. The van der Waals surface area contributed by atoms with Crippen LogP contribution in [0.2, 0.25) is 15.9 Å². The van der Waals surface area contributed by atoms with Gasteiger partial charge in [0.15, 0.2) is 23.2 Å². The van der Waals surface area contributed by atoms with Gasteiger partial charge in [0.25, 0.3) is 20.0 Å². The summed E-state index contributed by atoms with van der Waals surface area (Å²) in [4.78, 5) is 52.1. The molecule has 8 saturated heterocycles. The largest absolute Gasteiger partial charge is 0.394 e. The van der Waals surface area contributed by atoms with Crippen molar-refractivity contribution in [3.63, 3.8) is 0 Å². The number of ether oxygens (including phenoxy) is 9. The molecular formula is C79H100Cl3N11O22P2S2. The topological polar surface area (TPSA) is 402 Å². The number of aromatic nitrogens is 8. The van der Waals surface area contributed by atoms with E-state index in [1.807, 2.05) is 19.9 Å². The Morgan fingerprint density at radius 2 is 0.908 bits per heavy atom. The average Bonchev–Trinajstić information content (AvgIpc) is 1.56. The zero-order valence-corrected chi connectivity index (χ0v) is 72.3. The summed E-state index contributed by atoms with van der Waals surface area (Å²) in [5, 5.41) is 31.2. The molecule has 18 atom stereocenters. The van der Waals surface area contributed by atoms with Crippen LogP contribution in [0.5, 0.6) is 0 Å². The minimum atomic E-state index is -4.34. The molecule has 4 aliphatic carbocycles. The minimum Gasteiger partial charge on any atom is -0.394 e. The lowest BCUT2D eigenvalue weighted by atomic mass is 10.0. The van der Waals surface area contributed by atoms with Gasteiger partial charge in [0.05, 0.1) is 48.5 Å². The molecule has 5 N–H and O–H groups in total. The zero-order valence-electron chi connectivity index (χ0n) is 66.6. The Balaban J connectivity index is 0.000000130. The molecule has 5 aromatic heterocycles. The molecular weight excluding hydrogens is 1690 g/mol. The Morgan fingerprint density at radius 3 is 1.35 bits per heavy atom. The van der Waals surface area contributed by atoms with Gasteiger partial charge < -0.3 is 91.5 Å².